The molecule has 1 unspecified atom stereocenters. The van der Waals surface area contributed by atoms with Crippen molar-refractivity contribution in [1.82, 2.24) is 20.3 Å². The number of ether oxygens (including phenoxy) is 2. The number of nitrogens with zero attached hydrogens (tertiary/aromatic N) is 3. The van der Waals surface area contributed by atoms with Gasteiger partial charge in [0.25, 0.3) is 5.91 Å². The molecule has 2 heterocycles. The first kappa shape index (κ1) is 19.9. The van der Waals surface area contributed by atoms with E-state index < -0.39 is 11.6 Å². The van der Waals surface area contributed by atoms with Crippen molar-refractivity contribution in [2.24, 2.45) is 0 Å². The second-order valence-corrected chi connectivity index (χ2v) is 7.83. The molecule has 0 spiro atoms. The SMILES string of the molecule is COC1=C(OC)C(O)(CCn2cc(-c3ccc(C(C)(C)C)cc3)nn2)NC1=O. The maximum atomic E-state index is 11.9. The van der Waals surface area contributed by atoms with E-state index in [0.717, 1.165) is 11.3 Å². The van der Waals surface area contributed by atoms with Gasteiger partial charge in [-0.05, 0) is 11.0 Å². The number of rotatable bonds is 6. The average molecular weight is 386 g/mol. The number of hydrogen-bond donors (Lipinski definition) is 2. The molecule has 0 radical (unpaired) electrons. The van der Waals surface area contributed by atoms with Gasteiger partial charge in [0, 0.05) is 18.5 Å². The number of methoxy groups -OCH3 is 2. The van der Waals surface area contributed by atoms with Gasteiger partial charge < -0.3 is 19.9 Å². The molecule has 1 aromatic heterocycles. The Hall–Kier alpha value is -2.87. The summed E-state index contributed by atoms with van der Waals surface area (Å²) in [6, 6.07) is 8.23. The van der Waals surface area contributed by atoms with E-state index in [9.17, 15) is 9.90 Å². The lowest BCUT2D eigenvalue weighted by Gasteiger charge is -2.24. The van der Waals surface area contributed by atoms with Crippen molar-refractivity contribution in [2.75, 3.05) is 14.2 Å². The molecule has 0 saturated heterocycles. The third kappa shape index (κ3) is 3.73. The van der Waals surface area contributed by atoms with Crippen molar-refractivity contribution >= 4 is 5.91 Å². The normalized spacial score (nSPS) is 19.7. The van der Waals surface area contributed by atoms with Crippen LogP contribution >= 0.6 is 0 Å². The number of benzene rings is 1. The molecule has 1 aliphatic rings. The van der Waals surface area contributed by atoms with Crippen LogP contribution < -0.4 is 5.32 Å². The molecule has 1 aromatic carbocycles. The fraction of sp³-hybridized carbons (Fsp3) is 0.450. The van der Waals surface area contributed by atoms with Crippen molar-refractivity contribution in [2.45, 2.75) is 44.9 Å². The number of carbonyl (C=O) groups excluding carboxylic acids is 1. The largest absolute Gasteiger partial charge is 0.492 e. The summed E-state index contributed by atoms with van der Waals surface area (Å²) in [7, 11) is 2.74. The highest BCUT2D eigenvalue weighted by Gasteiger charge is 2.46. The number of aromatic nitrogens is 3. The molecule has 1 amide bonds. The first-order chi connectivity index (χ1) is 13.2. The Morgan fingerprint density at radius 1 is 1.18 bits per heavy atom. The van der Waals surface area contributed by atoms with Gasteiger partial charge in [-0.1, -0.05) is 50.3 Å². The monoisotopic (exact) mass is 386 g/mol. The van der Waals surface area contributed by atoms with Crippen LogP contribution in [0.3, 0.4) is 0 Å². The van der Waals surface area contributed by atoms with Gasteiger partial charge in [0.05, 0.1) is 20.4 Å². The van der Waals surface area contributed by atoms with Gasteiger partial charge in [0.1, 0.15) is 5.69 Å². The lowest BCUT2D eigenvalue weighted by atomic mass is 9.86. The topological polar surface area (TPSA) is 98.5 Å². The Kier molecular flexibility index (Phi) is 5.16. The van der Waals surface area contributed by atoms with E-state index in [-0.39, 0.29) is 23.4 Å². The van der Waals surface area contributed by atoms with Crippen LogP contribution in [0.15, 0.2) is 42.0 Å². The molecule has 0 aliphatic carbocycles. The van der Waals surface area contributed by atoms with E-state index in [1.54, 1.807) is 10.9 Å². The third-order valence-electron chi connectivity index (χ3n) is 4.80. The molecule has 28 heavy (non-hydrogen) atoms. The van der Waals surface area contributed by atoms with E-state index in [1.807, 2.05) is 12.1 Å². The molecule has 8 nitrogen and oxygen atoms in total. The number of nitrogens with one attached hydrogen (secondary N) is 1. The smallest absolute Gasteiger partial charge is 0.292 e. The molecular formula is C20H26N4O4. The predicted molar refractivity (Wildman–Crippen MR) is 103 cm³/mol. The van der Waals surface area contributed by atoms with Crippen molar-refractivity contribution in [3.63, 3.8) is 0 Å². The van der Waals surface area contributed by atoms with Gasteiger partial charge in [-0.3, -0.25) is 9.48 Å². The standard InChI is InChI=1S/C20H26N4O4/c1-19(2,3)14-8-6-13(7-9-14)15-12-24(23-22-15)11-10-20(26)17(28-5)16(27-4)18(25)21-20/h6-9,12,26H,10-11H2,1-5H3,(H,21,25). The highest BCUT2D eigenvalue weighted by Crippen LogP contribution is 2.30. The third-order valence-corrected chi connectivity index (χ3v) is 4.80. The van der Waals surface area contributed by atoms with E-state index in [4.69, 9.17) is 9.47 Å². The molecule has 1 atom stereocenters. The molecular weight excluding hydrogens is 360 g/mol. The van der Waals surface area contributed by atoms with Crippen LogP contribution in [0, 0.1) is 0 Å². The Morgan fingerprint density at radius 2 is 1.86 bits per heavy atom. The van der Waals surface area contributed by atoms with E-state index in [1.165, 1.54) is 19.8 Å². The number of aryl methyl sites for hydroxylation is 1. The summed E-state index contributed by atoms with van der Waals surface area (Å²) >= 11 is 0. The van der Waals surface area contributed by atoms with Gasteiger partial charge >= 0.3 is 0 Å². The molecule has 0 fully saturated rings. The predicted octanol–water partition coefficient (Wildman–Crippen LogP) is 1.96. The first-order valence-corrected chi connectivity index (χ1v) is 9.06. The van der Waals surface area contributed by atoms with Crippen molar-refractivity contribution in [3.05, 3.63) is 47.5 Å². The maximum Gasteiger partial charge on any atom is 0.292 e. The van der Waals surface area contributed by atoms with Crippen LogP contribution in [0.2, 0.25) is 0 Å². The minimum Gasteiger partial charge on any atom is -0.492 e. The quantitative estimate of drug-likeness (QED) is 0.787. The lowest BCUT2D eigenvalue weighted by Crippen LogP contribution is -2.45. The molecule has 1 aliphatic heterocycles. The Morgan fingerprint density at radius 3 is 2.43 bits per heavy atom. The Bertz CT molecular complexity index is 896. The van der Waals surface area contributed by atoms with Gasteiger partial charge in [-0.15, -0.1) is 5.10 Å². The van der Waals surface area contributed by atoms with Crippen LogP contribution in [-0.4, -0.2) is 46.0 Å². The van der Waals surface area contributed by atoms with Gasteiger partial charge in [-0.25, -0.2) is 0 Å². The van der Waals surface area contributed by atoms with Crippen molar-refractivity contribution in [3.8, 4) is 11.3 Å². The molecule has 0 saturated carbocycles. The van der Waals surface area contributed by atoms with E-state index in [0.29, 0.717) is 6.54 Å². The number of aliphatic hydroxyl groups is 1. The van der Waals surface area contributed by atoms with Crippen molar-refractivity contribution < 1.29 is 19.4 Å². The lowest BCUT2D eigenvalue weighted by molar-refractivity contribution is -0.123. The maximum absolute atomic E-state index is 11.9. The average Bonchev–Trinajstić information content (AvgIpc) is 3.21. The summed E-state index contributed by atoms with van der Waals surface area (Å²) in [5.74, 6) is -0.471. The summed E-state index contributed by atoms with van der Waals surface area (Å²) in [5.41, 5.74) is 1.40. The van der Waals surface area contributed by atoms with E-state index >= 15 is 0 Å². The Labute approximate surface area is 164 Å². The van der Waals surface area contributed by atoms with Crippen LogP contribution in [0.25, 0.3) is 11.3 Å². The number of hydrogen-bond acceptors (Lipinski definition) is 6. The van der Waals surface area contributed by atoms with Crippen LogP contribution in [0.4, 0.5) is 0 Å². The fourth-order valence-electron chi connectivity index (χ4n) is 3.17. The summed E-state index contributed by atoms with van der Waals surface area (Å²) < 4.78 is 11.8. The summed E-state index contributed by atoms with van der Waals surface area (Å²) in [4.78, 5) is 11.9. The summed E-state index contributed by atoms with van der Waals surface area (Å²) in [6.45, 7) is 6.83. The molecule has 150 valence electrons. The zero-order valence-corrected chi connectivity index (χ0v) is 16.8. The summed E-state index contributed by atoms with van der Waals surface area (Å²) in [6.07, 6.45) is 1.96. The second kappa shape index (κ2) is 7.27. The van der Waals surface area contributed by atoms with Crippen LogP contribution in [-0.2, 0) is 26.2 Å². The molecule has 0 bridgehead atoms. The fourth-order valence-corrected chi connectivity index (χ4v) is 3.17. The molecule has 8 heteroatoms. The van der Waals surface area contributed by atoms with Gasteiger partial charge in [0.2, 0.25) is 11.5 Å². The Balaban J connectivity index is 1.72. The van der Waals surface area contributed by atoms with Crippen LogP contribution in [0.1, 0.15) is 32.8 Å². The second-order valence-electron chi connectivity index (χ2n) is 7.83. The number of carbonyl (C=O) groups is 1. The zero-order chi connectivity index (χ0) is 20.5. The highest BCUT2D eigenvalue weighted by molar-refractivity contribution is 5.95. The first-order valence-electron chi connectivity index (χ1n) is 9.06. The van der Waals surface area contributed by atoms with E-state index in [2.05, 4.69) is 48.5 Å². The minimum atomic E-state index is -1.64. The van der Waals surface area contributed by atoms with Gasteiger partial charge in [0.15, 0.2) is 5.76 Å². The number of amides is 1. The summed E-state index contributed by atoms with van der Waals surface area (Å²) in [5, 5.41) is 21.6. The highest BCUT2D eigenvalue weighted by atomic mass is 16.5. The molecule has 2 aromatic rings. The minimum absolute atomic E-state index is 0.0248. The van der Waals surface area contributed by atoms with Crippen LogP contribution in [0.5, 0.6) is 0 Å². The van der Waals surface area contributed by atoms with Gasteiger partial charge in [-0.2, -0.15) is 0 Å². The zero-order valence-electron chi connectivity index (χ0n) is 16.8. The molecule has 2 N–H and O–H groups in total. The van der Waals surface area contributed by atoms with Crippen molar-refractivity contribution in [1.29, 1.82) is 0 Å². The molecule has 3 rings (SSSR count).